The maximum Gasteiger partial charge on any atom is 0.0948 e. The third-order valence-corrected chi connectivity index (χ3v) is 4.14. The highest BCUT2D eigenvalue weighted by Gasteiger charge is 2.33. The van der Waals surface area contributed by atoms with Gasteiger partial charge in [0.25, 0.3) is 0 Å². The second-order valence-electron chi connectivity index (χ2n) is 4.81. The van der Waals surface area contributed by atoms with Crippen molar-refractivity contribution in [2.24, 2.45) is 0 Å². The standard InChI is InChI=1S/C12H21N3S/c1-12(4-5-13-9-12)11-8-14-10-15(11)6-3-7-16-2/h8,10,13H,3-7,9H2,1-2H3. The second kappa shape index (κ2) is 5.23. The lowest BCUT2D eigenvalue weighted by atomic mass is 9.86. The molecule has 1 fully saturated rings. The molecular weight excluding hydrogens is 218 g/mol. The van der Waals surface area contributed by atoms with Gasteiger partial charge in [-0.1, -0.05) is 6.92 Å². The molecule has 0 aliphatic carbocycles. The van der Waals surface area contributed by atoms with E-state index in [1.807, 2.05) is 24.3 Å². The maximum absolute atomic E-state index is 4.32. The van der Waals surface area contributed by atoms with E-state index >= 15 is 0 Å². The third-order valence-electron chi connectivity index (χ3n) is 3.45. The Labute approximate surface area is 102 Å². The summed E-state index contributed by atoms with van der Waals surface area (Å²) in [6.45, 7) is 5.66. The van der Waals surface area contributed by atoms with Crippen LogP contribution in [0.2, 0.25) is 0 Å². The van der Waals surface area contributed by atoms with Gasteiger partial charge in [-0.3, -0.25) is 0 Å². The molecule has 0 amide bonds. The fourth-order valence-electron chi connectivity index (χ4n) is 2.42. The Balaban J connectivity index is 2.06. The smallest absolute Gasteiger partial charge is 0.0948 e. The highest BCUT2D eigenvalue weighted by molar-refractivity contribution is 7.98. The molecule has 3 nitrogen and oxygen atoms in total. The number of hydrogen-bond acceptors (Lipinski definition) is 3. The van der Waals surface area contributed by atoms with E-state index in [0.29, 0.717) is 0 Å². The van der Waals surface area contributed by atoms with Gasteiger partial charge in [-0.15, -0.1) is 0 Å². The van der Waals surface area contributed by atoms with Gasteiger partial charge >= 0.3 is 0 Å². The summed E-state index contributed by atoms with van der Waals surface area (Å²) in [5, 5.41) is 3.45. The maximum atomic E-state index is 4.32. The minimum atomic E-state index is 0.288. The second-order valence-corrected chi connectivity index (χ2v) is 5.79. The molecule has 1 aliphatic rings. The fourth-order valence-corrected chi connectivity index (χ4v) is 2.83. The van der Waals surface area contributed by atoms with Crippen LogP contribution in [0.3, 0.4) is 0 Å². The summed E-state index contributed by atoms with van der Waals surface area (Å²) in [5.41, 5.74) is 1.69. The monoisotopic (exact) mass is 239 g/mol. The molecule has 0 radical (unpaired) electrons. The van der Waals surface area contributed by atoms with Gasteiger partial charge in [0.15, 0.2) is 0 Å². The number of rotatable bonds is 5. The quantitative estimate of drug-likeness (QED) is 0.796. The van der Waals surface area contributed by atoms with Crippen LogP contribution < -0.4 is 5.32 Å². The number of imidazole rings is 1. The predicted octanol–water partition coefficient (Wildman–Crippen LogP) is 1.89. The molecule has 16 heavy (non-hydrogen) atoms. The molecule has 0 bridgehead atoms. The average Bonchev–Trinajstić information content (AvgIpc) is 2.88. The molecule has 90 valence electrons. The molecule has 4 heteroatoms. The van der Waals surface area contributed by atoms with Crippen molar-refractivity contribution in [2.75, 3.05) is 25.1 Å². The number of nitrogens with one attached hydrogen (secondary N) is 1. The zero-order chi connectivity index (χ0) is 11.4. The molecule has 1 aromatic rings. The third kappa shape index (κ3) is 2.43. The van der Waals surface area contributed by atoms with E-state index in [1.54, 1.807) is 0 Å². The first-order valence-electron chi connectivity index (χ1n) is 5.96. The summed E-state index contributed by atoms with van der Waals surface area (Å²) < 4.78 is 2.34. The van der Waals surface area contributed by atoms with Crippen molar-refractivity contribution in [2.45, 2.75) is 31.7 Å². The summed E-state index contributed by atoms with van der Waals surface area (Å²) in [5.74, 6) is 1.23. The van der Waals surface area contributed by atoms with E-state index in [1.165, 1.54) is 24.3 Å². The SMILES string of the molecule is CSCCCn1cncc1C1(C)CCNC1. The van der Waals surface area contributed by atoms with Gasteiger partial charge in [-0.25, -0.2) is 4.98 Å². The minimum absolute atomic E-state index is 0.288. The van der Waals surface area contributed by atoms with E-state index < -0.39 is 0 Å². The zero-order valence-corrected chi connectivity index (χ0v) is 11.0. The van der Waals surface area contributed by atoms with Crippen LogP contribution in [0.1, 0.15) is 25.5 Å². The molecular formula is C12H21N3S. The van der Waals surface area contributed by atoms with E-state index in [-0.39, 0.29) is 5.41 Å². The van der Waals surface area contributed by atoms with Gasteiger partial charge in [0.2, 0.25) is 0 Å². The summed E-state index contributed by atoms with van der Waals surface area (Å²) in [4.78, 5) is 4.32. The summed E-state index contributed by atoms with van der Waals surface area (Å²) in [6.07, 6.45) is 8.65. The molecule has 0 aromatic carbocycles. The van der Waals surface area contributed by atoms with Crippen molar-refractivity contribution in [1.29, 1.82) is 0 Å². The number of nitrogens with zero attached hydrogens (tertiary/aromatic N) is 2. The Kier molecular flexibility index (Phi) is 3.92. The lowest BCUT2D eigenvalue weighted by Crippen LogP contribution is -2.28. The number of aryl methyl sites for hydroxylation is 1. The van der Waals surface area contributed by atoms with Crippen LogP contribution in [-0.4, -0.2) is 34.6 Å². The van der Waals surface area contributed by atoms with Crippen LogP contribution in [0.25, 0.3) is 0 Å². The van der Waals surface area contributed by atoms with Gasteiger partial charge < -0.3 is 9.88 Å². The molecule has 1 aliphatic heterocycles. The first kappa shape index (κ1) is 12.0. The Hall–Kier alpha value is -0.480. The normalized spacial score (nSPS) is 25.1. The first-order chi connectivity index (χ1) is 7.76. The van der Waals surface area contributed by atoms with Gasteiger partial charge in [0.1, 0.15) is 0 Å². The molecule has 1 unspecified atom stereocenters. The molecule has 1 aromatic heterocycles. The van der Waals surface area contributed by atoms with Crippen molar-refractivity contribution in [1.82, 2.24) is 14.9 Å². The molecule has 1 saturated heterocycles. The molecule has 1 atom stereocenters. The van der Waals surface area contributed by atoms with Crippen molar-refractivity contribution >= 4 is 11.8 Å². The van der Waals surface area contributed by atoms with Crippen molar-refractivity contribution in [3.8, 4) is 0 Å². The highest BCUT2D eigenvalue weighted by Crippen LogP contribution is 2.29. The molecule has 0 spiro atoms. The van der Waals surface area contributed by atoms with Crippen LogP contribution >= 0.6 is 11.8 Å². The van der Waals surface area contributed by atoms with E-state index in [2.05, 4.69) is 28.0 Å². The lowest BCUT2D eigenvalue weighted by molar-refractivity contribution is 0.471. The summed E-state index contributed by atoms with van der Waals surface area (Å²) in [7, 11) is 0. The lowest BCUT2D eigenvalue weighted by Gasteiger charge is -2.24. The van der Waals surface area contributed by atoms with E-state index in [4.69, 9.17) is 0 Å². The van der Waals surface area contributed by atoms with E-state index in [0.717, 1.165) is 19.6 Å². The fraction of sp³-hybridized carbons (Fsp3) is 0.750. The van der Waals surface area contributed by atoms with Gasteiger partial charge in [-0.2, -0.15) is 11.8 Å². The first-order valence-corrected chi connectivity index (χ1v) is 7.36. The van der Waals surface area contributed by atoms with Crippen LogP contribution in [0.5, 0.6) is 0 Å². The van der Waals surface area contributed by atoms with Gasteiger partial charge in [-0.05, 0) is 31.4 Å². The highest BCUT2D eigenvalue weighted by atomic mass is 32.2. The van der Waals surface area contributed by atoms with Gasteiger partial charge in [0.05, 0.1) is 6.33 Å². The average molecular weight is 239 g/mol. The van der Waals surface area contributed by atoms with Crippen molar-refractivity contribution in [3.63, 3.8) is 0 Å². The van der Waals surface area contributed by atoms with Crippen LogP contribution in [0.15, 0.2) is 12.5 Å². The van der Waals surface area contributed by atoms with Crippen molar-refractivity contribution < 1.29 is 0 Å². The van der Waals surface area contributed by atoms with Crippen molar-refractivity contribution in [3.05, 3.63) is 18.2 Å². The Morgan fingerprint density at radius 1 is 1.62 bits per heavy atom. The molecule has 2 rings (SSSR count). The Bertz CT molecular complexity index is 329. The van der Waals surface area contributed by atoms with Crippen LogP contribution in [-0.2, 0) is 12.0 Å². The van der Waals surface area contributed by atoms with E-state index in [9.17, 15) is 0 Å². The number of aromatic nitrogens is 2. The number of thioether (sulfide) groups is 1. The Morgan fingerprint density at radius 3 is 3.19 bits per heavy atom. The number of hydrogen-bond donors (Lipinski definition) is 1. The zero-order valence-electron chi connectivity index (χ0n) is 10.2. The van der Waals surface area contributed by atoms with Gasteiger partial charge in [0, 0.05) is 30.4 Å². The molecule has 2 heterocycles. The Morgan fingerprint density at radius 2 is 2.50 bits per heavy atom. The largest absolute Gasteiger partial charge is 0.334 e. The van der Waals surface area contributed by atoms with Crippen LogP contribution in [0.4, 0.5) is 0 Å². The topological polar surface area (TPSA) is 29.9 Å². The predicted molar refractivity (Wildman–Crippen MR) is 70.1 cm³/mol. The minimum Gasteiger partial charge on any atom is -0.334 e. The summed E-state index contributed by atoms with van der Waals surface area (Å²) >= 11 is 1.91. The molecule has 0 saturated carbocycles. The van der Waals surface area contributed by atoms with Crippen LogP contribution in [0, 0.1) is 0 Å². The summed E-state index contributed by atoms with van der Waals surface area (Å²) in [6, 6.07) is 0. The molecule has 1 N–H and O–H groups in total.